The first-order chi connectivity index (χ1) is 17.4. The van der Waals surface area contributed by atoms with Crippen molar-refractivity contribution in [1.82, 2.24) is 4.90 Å². The minimum atomic E-state index is -0.665. The number of benzene rings is 4. The van der Waals surface area contributed by atoms with E-state index in [2.05, 4.69) is 0 Å². The number of imide groups is 1. The zero-order chi connectivity index (χ0) is 25.2. The van der Waals surface area contributed by atoms with Gasteiger partial charge in [0.05, 0.1) is 22.0 Å². The number of hydrogen-bond donors (Lipinski definition) is 0. The van der Waals surface area contributed by atoms with Crippen LogP contribution in [-0.4, -0.2) is 22.0 Å². The summed E-state index contributed by atoms with van der Waals surface area (Å²) in [6.45, 7) is 0.162. The van der Waals surface area contributed by atoms with Crippen molar-refractivity contribution in [3.05, 3.63) is 117 Å². The molecule has 1 heterocycles. The van der Waals surface area contributed by atoms with E-state index in [4.69, 9.17) is 27.9 Å². The van der Waals surface area contributed by atoms with E-state index in [9.17, 15) is 14.4 Å². The minimum absolute atomic E-state index is 0.159. The van der Waals surface area contributed by atoms with Crippen LogP contribution in [0.25, 0.3) is 16.8 Å². The number of esters is 1. The number of ether oxygens (including phenoxy) is 1. The van der Waals surface area contributed by atoms with Crippen molar-refractivity contribution >= 4 is 68.9 Å². The third-order valence-corrected chi connectivity index (χ3v) is 7.10. The van der Waals surface area contributed by atoms with E-state index in [-0.39, 0.29) is 33.0 Å². The first kappa shape index (κ1) is 24.1. The summed E-state index contributed by atoms with van der Waals surface area (Å²) >= 11 is 12.9. The Morgan fingerprint density at radius 1 is 0.917 bits per heavy atom. The molecule has 5 rings (SSSR count). The van der Waals surface area contributed by atoms with Crippen LogP contribution >= 0.6 is 35.0 Å². The summed E-state index contributed by atoms with van der Waals surface area (Å²) < 4.78 is 5.57. The number of nitrogens with zero attached hydrogens (tertiary/aromatic N) is 1. The van der Waals surface area contributed by atoms with E-state index < -0.39 is 11.9 Å². The van der Waals surface area contributed by atoms with Crippen molar-refractivity contribution in [3.8, 4) is 5.75 Å². The lowest BCUT2D eigenvalue weighted by Gasteiger charge is -2.14. The van der Waals surface area contributed by atoms with E-state index in [0.717, 1.165) is 28.1 Å². The molecule has 0 aliphatic carbocycles. The van der Waals surface area contributed by atoms with E-state index in [1.54, 1.807) is 36.4 Å². The van der Waals surface area contributed by atoms with E-state index in [1.807, 2.05) is 42.5 Å². The van der Waals surface area contributed by atoms with Crippen LogP contribution in [0.4, 0.5) is 4.79 Å². The largest absolute Gasteiger partial charge is 0.422 e. The molecule has 178 valence electrons. The number of para-hydroxylation sites is 1. The van der Waals surface area contributed by atoms with Crippen LogP contribution in [0.1, 0.15) is 21.5 Å². The molecule has 5 nitrogen and oxygen atoms in total. The van der Waals surface area contributed by atoms with Gasteiger partial charge in [-0.1, -0.05) is 83.9 Å². The molecular formula is C28H17Cl2NO4S. The van der Waals surface area contributed by atoms with E-state index >= 15 is 0 Å². The van der Waals surface area contributed by atoms with Gasteiger partial charge in [0, 0.05) is 10.6 Å². The molecule has 0 spiro atoms. The van der Waals surface area contributed by atoms with Gasteiger partial charge < -0.3 is 4.74 Å². The molecule has 0 bridgehead atoms. The van der Waals surface area contributed by atoms with Gasteiger partial charge >= 0.3 is 5.97 Å². The van der Waals surface area contributed by atoms with Gasteiger partial charge in [-0.25, -0.2) is 4.79 Å². The van der Waals surface area contributed by atoms with Gasteiger partial charge in [0.15, 0.2) is 0 Å². The predicted molar refractivity (Wildman–Crippen MR) is 143 cm³/mol. The zero-order valence-electron chi connectivity index (χ0n) is 18.6. The van der Waals surface area contributed by atoms with E-state index in [1.165, 1.54) is 17.0 Å². The molecule has 1 saturated heterocycles. The van der Waals surface area contributed by atoms with Crippen molar-refractivity contribution in [2.45, 2.75) is 6.54 Å². The van der Waals surface area contributed by atoms with E-state index in [0.29, 0.717) is 10.6 Å². The number of carbonyl (C=O) groups excluding carboxylic acids is 3. The van der Waals surface area contributed by atoms with Crippen molar-refractivity contribution in [3.63, 3.8) is 0 Å². The molecule has 0 radical (unpaired) electrons. The van der Waals surface area contributed by atoms with Crippen LogP contribution in [-0.2, 0) is 11.3 Å². The van der Waals surface area contributed by atoms with Gasteiger partial charge in [-0.3, -0.25) is 14.5 Å². The highest BCUT2D eigenvalue weighted by atomic mass is 35.5. The fourth-order valence-corrected chi connectivity index (χ4v) is 5.20. The standard InChI is InChI=1S/C28H17Cl2NO4S/c29-20-12-13-22(23(30)15-20)27(33)35-24-11-4-2-7-18(24)14-25-26(32)31(28(34)36-25)16-19-9-5-8-17-6-1-3-10-21(17)19/h1-15H,16H2/b25-14-. The Balaban J connectivity index is 1.40. The Morgan fingerprint density at radius 2 is 1.67 bits per heavy atom. The fourth-order valence-electron chi connectivity index (χ4n) is 3.88. The van der Waals surface area contributed by atoms with Crippen molar-refractivity contribution in [2.24, 2.45) is 0 Å². The lowest BCUT2D eigenvalue weighted by Crippen LogP contribution is -2.27. The summed E-state index contributed by atoms with van der Waals surface area (Å²) in [5.74, 6) is -0.837. The average Bonchev–Trinajstić information content (AvgIpc) is 3.12. The Hall–Kier alpha value is -3.58. The highest BCUT2D eigenvalue weighted by molar-refractivity contribution is 8.18. The Labute approximate surface area is 221 Å². The quantitative estimate of drug-likeness (QED) is 0.150. The number of thioether (sulfide) groups is 1. The topological polar surface area (TPSA) is 63.7 Å². The van der Waals surface area contributed by atoms with Crippen LogP contribution in [0.2, 0.25) is 10.0 Å². The van der Waals surface area contributed by atoms with Crippen LogP contribution in [0, 0.1) is 0 Å². The summed E-state index contributed by atoms with van der Waals surface area (Å²) in [6, 6.07) is 24.9. The van der Waals surface area contributed by atoms with Gasteiger partial charge in [-0.05, 0) is 58.4 Å². The molecule has 0 N–H and O–H groups in total. The van der Waals surface area contributed by atoms with Crippen LogP contribution in [0.15, 0.2) is 89.8 Å². The SMILES string of the molecule is O=C(Oc1ccccc1/C=C1\SC(=O)N(Cc2cccc3ccccc23)C1=O)c1ccc(Cl)cc1Cl. The van der Waals surface area contributed by atoms with Crippen LogP contribution < -0.4 is 4.74 Å². The molecule has 0 saturated carbocycles. The molecule has 0 aromatic heterocycles. The smallest absolute Gasteiger partial charge is 0.345 e. The predicted octanol–water partition coefficient (Wildman–Crippen LogP) is 7.60. The summed E-state index contributed by atoms with van der Waals surface area (Å²) in [5.41, 5.74) is 1.52. The number of fused-ring (bicyclic) bond motifs is 1. The van der Waals surface area contributed by atoms with Crippen LogP contribution in [0.5, 0.6) is 5.75 Å². The fraction of sp³-hybridized carbons (Fsp3) is 0.0357. The molecule has 0 atom stereocenters. The van der Waals surface area contributed by atoms with Gasteiger partial charge in [-0.2, -0.15) is 0 Å². The summed E-state index contributed by atoms with van der Waals surface area (Å²) in [5, 5.41) is 2.23. The first-order valence-electron chi connectivity index (χ1n) is 10.9. The maximum Gasteiger partial charge on any atom is 0.345 e. The normalized spacial score (nSPS) is 14.6. The number of rotatable bonds is 5. The van der Waals surface area contributed by atoms with Crippen LogP contribution in [0.3, 0.4) is 0 Å². The molecule has 1 fully saturated rings. The molecular weight excluding hydrogens is 517 g/mol. The summed E-state index contributed by atoms with van der Waals surface area (Å²) in [7, 11) is 0. The van der Waals surface area contributed by atoms with Gasteiger partial charge in [0.1, 0.15) is 5.75 Å². The Bertz CT molecular complexity index is 1560. The van der Waals surface area contributed by atoms with Crippen molar-refractivity contribution in [1.29, 1.82) is 0 Å². The minimum Gasteiger partial charge on any atom is -0.422 e. The number of carbonyl (C=O) groups is 3. The number of halogens is 2. The average molecular weight is 534 g/mol. The Kier molecular flexibility index (Phi) is 6.83. The molecule has 36 heavy (non-hydrogen) atoms. The lowest BCUT2D eigenvalue weighted by molar-refractivity contribution is -0.123. The second-order valence-electron chi connectivity index (χ2n) is 7.96. The van der Waals surface area contributed by atoms with Crippen molar-refractivity contribution in [2.75, 3.05) is 0 Å². The van der Waals surface area contributed by atoms with Gasteiger partial charge in [-0.15, -0.1) is 0 Å². The van der Waals surface area contributed by atoms with Gasteiger partial charge in [0.2, 0.25) is 0 Å². The Morgan fingerprint density at radius 3 is 2.50 bits per heavy atom. The first-order valence-corrected chi connectivity index (χ1v) is 12.5. The summed E-state index contributed by atoms with van der Waals surface area (Å²) in [6.07, 6.45) is 1.56. The monoisotopic (exact) mass is 533 g/mol. The number of amides is 2. The lowest BCUT2D eigenvalue weighted by atomic mass is 10.0. The third-order valence-electron chi connectivity index (χ3n) is 5.64. The van der Waals surface area contributed by atoms with Gasteiger partial charge in [0.25, 0.3) is 11.1 Å². The highest BCUT2D eigenvalue weighted by Crippen LogP contribution is 2.36. The highest BCUT2D eigenvalue weighted by Gasteiger charge is 2.35. The maximum atomic E-state index is 13.2. The molecule has 2 amide bonds. The molecule has 1 aliphatic rings. The summed E-state index contributed by atoms with van der Waals surface area (Å²) in [4.78, 5) is 40.1. The third kappa shape index (κ3) is 4.88. The molecule has 4 aromatic carbocycles. The number of hydrogen-bond acceptors (Lipinski definition) is 5. The molecule has 1 aliphatic heterocycles. The maximum absolute atomic E-state index is 13.2. The second-order valence-corrected chi connectivity index (χ2v) is 9.79. The molecule has 4 aromatic rings. The molecule has 8 heteroatoms. The molecule has 0 unspecified atom stereocenters. The zero-order valence-corrected chi connectivity index (χ0v) is 20.9. The second kappa shape index (κ2) is 10.2. The van der Waals surface area contributed by atoms with Crippen molar-refractivity contribution < 1.29 is 19.1 Å².